The zero-order valence-corrected chi connectivity index (χ0v) is 17.9. The van der Waals surface area contributed by atoms with Gasteiger partial charge in [0.1, 0.15) is 10.6 Å². The highest BCUT2D eigenvalue weighted by Crippen LogP contribution is 2.34. The van der Waals surface area contributed by atoms with Crippen molar-refractivity contribution in [1.29, 1.82) is 0 Å². The number of hydrogen-bond donors (Lipinski definition) is 2. The minimum Gasteiger partial charge on any atom is -0.497 e. The van der Waals surface area contributed by atoms with Gasteiger partial charge < -0.3 is 19.8 Å². The largest absolute Gasteiger partial charge is 0.497 e. The van der Waals surface area contributed by atoms with Crippen LogP contribution in [0.1, 0.15) is 34.0 Å². The van der Waals surface area contributed by atoms with Crippen LogP contribution in [0.2, 0.25) is 0 Å². The number of carbonyl (C=O) groups is 2. The van der Waals surface area contributed by atoms with Gasteiger partial charge in [-0.3, -0.25) is 9.69 Å². The fourth-order valence-corrected chi connectivity index (χ4v) is 4.81. The first-order chi connectivity index (χ1) is 14.6. The Morgan fingerprint density at radius 1 is 1.23 bits per heavy atom. The number of ether oxygens (including phenoxy) is 2. The molecule has 1 fully saturated rings. The van der Waals surface area contributed by atoms with Gasteiger partial charge in [0, 0.05) is 17.1 Å². The van der Waals surface area contributed by atoms with E-state index in [2.05, 4.69) is 27.5 Å². The fourth-order valence-electron chi connectivity index (χ4n) is 4.04. The summed E-state index contributed by atoms with van der Waals surface area (Å²) in [6.45, 7) is 2.01. The van der Waals surface area contributed by atoms with E-state index in [1.165, 1.54) is 29.4 Å². The molecule has 0 unspecified atom stereocenters. The van der Waals surface area contributed by atoms with Crippen LogP contribution in [0, 0.1) is 0 Å². The number of benzene rings is 1. The number of carbonyl (C=O) groups excluding carboxylic acids is 2. The Balaban J connectivity index is 1.35. The number of hydrogen-bond acceptors (Lipinski definition) is 6. The molecule has 0 atom stereocenters. The predicted octanol–water partition coefficient (Wildman–Crippen LogP) is 3.84. The van der Waals surface area contributed by atoms with Gasteiger partial charge in [0.05, 0.1) is 26.5 Å². The van der Waals surface area contributed by atoms with Gasteiger partial charge in [-0.25, -0.2) is 4.79 Å². The maximum absolute atomic E-state index is 12.5. The van der Waals surface area contributed by atoms with E-state index in [-0.39, 0.29) is 5.91 Å². The lowest BCUT2D eigenvalue weighted by atomic mass is 9.89. The quantitative estimate of drug-likeness (QED) is 0.584. The number of nitrogens with one attached hydrogen (secondary N) is 2. The highest BCUT2D eigenvalue weighted by molar-refractivity contribution is 7.12. The number of H-pyrrole nitrogens is 1. The van der Waals surface area contributed by atoms with Crippen LogP contribution in [-0.2, 0) is 9.53 Å². The summed E-state index contributed by atoms with van der Waals surface area (Å²) < 4.78 is 10.1. The Morgan fingerprint density at radius 2 is 2.03 bits per heavy atom. The van der Waals surface area contributed by atoms with Crippen molar-refractivity contribution in [3.8, 4) is 5.75 Å². The Bertz CT molecular complexity index is 1050. The number of nitrogens with zero attached hydrogens (tertiary/aromatic N) is 1. The topological polar surface area (TPSA) is 83.7 Å². The van der Waals surface area contributed by atoms with E-state index < -0.39 is 5.97 Å². The molecule has 0 aliphatic carbocycles. The summed E-state index contributed by atoms with van der Waals surface area (Å²) in [4.78, 5) is 30.2. The van der Waals surface area contributed by atoms with Gasteiger partial charge in [-0.2, -0.15) is 0 Å². The van der Waals surface area contributed by atoms with Crippen molar-refractivity contribution >= 4 is 39.8 Å². The first-order valence-corrected chi connectivity index (χ1v) is 10.8. The Hall–Kier alpha value is -2.84. The number of amides is 1. The van der Waals surface area contributed by atoms with Crippen molar-refractivity contribution < 1.29 is 19.1 Å². The molecule has 0 bridgehead atoms. The zero-order valence-electron chi connectivity index (χ0n) is 17.1. The lowest BCUT2D eigenvalue weighted by Crippen LogP contribution is -2.38. The first kappa shape index (κ1) is 20.4. The molecule has 1 aliphatic heterocycles. The van der Waals surface area contributed by atoms with Gasteiger partial charge in [0.15, 0.2) is 0 Å². The Labute approximate surface area is 179 Å². The van der Waals surface area contributed by atoms with Crippen LogP contribution in [-0.4, -0.2) is 55.6 Å². The molecule has 8 heteroatoms. The highest BCUT2D eigenvalue weighted by Gasteiger charge is 2.25. The monoisotopic (exact) mass is 427 g/mol. The number of aromatic amines is 1. The lowest BCUT2D eigenvalue weighted by Gasteiger charge is -2.31. The number of rotatable bonds is 6. The number of anilines is 1. The predicted molar refractivity (Wildman–Crippen MR) is 118 cm³/mol. The van der Waals surface area contributed by atoms with E-state index in [4.69, 9.17) is 9.47 Å². The van der Waals surface area contributed by atoms with E-state index in [1.807, 2.05) is 12.1 Å². The summed E-state index contributed by atoms with van der Waals surface area (Å²) in [6.07, 6.45) is 4.08. The molecule has 3 aromatic rings. The van der Waals surface area contributed by atoms with Crippen molar-refractivity contribution in [2.24, 2.45) is 0 Å². The smallest absolute Gasteiger partial charge is 0.350 e. The molecule has 2 aromatic heterocycles. The van der Waals surface area contributed by atoms with Crippen LogP contribution >= 0.6 is 11.3 Å². The second-order valence-electron chi connectivity index (χ2n) is 7.41. The number of esters is 1. The number of methoxy groups -OCH3 is 2. The average molecular weight is 428 g/mol. The van der Waals surface area contributed by atoms with Gasteiger partial charge in [-0.05, 0) is 67.1 Å². The summed E-state index contributed by atoms with van der Waals surface area (Å²) in [7, 11) is 3.02. The van der Waals surface area contributed by atoms with Crippen molar-refractivity contribution in [3.05, 3.63) is 46.3 Å². The number of aromatic nitrogens is 1. The van der Waals surface area contributed by atoms with E-state index in [0.717, 1.165) is 37.2 Å². The molecule has 1 aromatic carbocycles. The number of piperidine rings is 1. The molecule has 1 amide bonds. The summed E-state index contributed by atoms with van der Waals surface area (Å²) >= 11 is 1.26. The van der Waals surface area contributed by atoms with Crippen LogP contribution in [0.4, 0.5) is 5.69 Å². The lowest BCUT2D eigenvalue weighted by molar-refractivity contribution is -0.117. The molecule has 3 heterocycles. The Kier molecular flexibility index (Phi) is 6.06. The molecule has 0 spiro atoms. The van der Waals surface area contributed by atoms with E-state index >= 15 is 0 Å². The van der Waals surface area contributed by atoms with Crippen molar-refractivity contribution in [2.45, 2.75) is 18.8 Å². The summed E-state index contributed by atoms with van der Waals surface area (Å²) in [6, 6.07) is 7.82. The third-order valence-corrected chi connectivity index (χ3v) is 6.52. The maximum atomic E-state index is 12.5. The second kappa shape index (κ2) is 8.89. The fraction of sp³-hybridized carbons (Fsp3) is 0.364. The molecular weight excluding hydrogens is 402 g/mol. The van der Waals surface area contributed by atoms with E-state index in [1.54, 1.807) is 18.6 Å². The standard InChI is InChI=1S/C22H25N3O4S/c1-28-15-3-4-18-16(11-15)17(12-23-18)14-5-8-25(9-6-14)13-20(26)24-19-7-10-30-21(19)22(27)29-2/h3-4,7,10-12,14,23H,5-6,8-9,13H2,1-2H3,(H,24,26). The number of thiophene rings is 1. The SMILES string of the molecule is COC(=O)c1sccc1NC(=O)CN1CCC(c2c[nH]c3ccc(OC)cc23)CC1. The minimum atomic E-state index is -0.434. The minimum absolute atomic E-state index is 0.117. The third kappa shape index (κ3) is 4.20. The van der Waals surface area contributed by atoms with Crippen molar-refractivity contribution in [2.75, 3.05) is 39.2 Å². The summed E-state index contributed by atoms with van der Waals surface area (Å²) in [5.41, 5.74) is 2.94. The molecule has 158 valence electrons. The van der Waals surface area contributed by atoms with Crippen LogP contribution in [0.25, 0.3) is 10.9 Å². The van der Waals surface area contributed by atoms with Gasteiger partial charge in [0.2, 0.25) is 5.91 Å². The van der Waals surface area contributed by atoms with Crippen molar-refractivity contribution in [3.63, 3.8) is 0 Å². The molecule has 1 aliphatic rings. The molecule has 7 nitrogen and oxygen atoms in total. The van der Waals surface area contributed by atoms with Gasteiger partial charge in [-0.15, -0.1) is 11.3 Å². The van der Waals surface area contributed by atoms with Crippen LogP contribution < -0.4 is 10.1 Å². The molecule has 4 rings (SSSR count). The average Bonchev–Trinajstić information content (AvgIpc) is 3.40. The zero-order chi connectivity index (χ0) is 21.1. The molecule has 2 N–H and O–H groups in total. The number of likely N-dealkylation sites (tertiary alicyclic amines) is 1. The molecule has 30 heavy (non-hydrogen) atoms. The summed E-state index contributed by atoms with van der Waals surface area (Å²) in [5, 5.41) is 5.81. The van der Waals surface area contributed by atoms with Gasteiger partial charge in [-0.1, -0.05) is 0 Å². The van der Waals surface area contributed by atoms with Crippen molar-refractivity contribution in [1.82, 2.24) is 9.88 Å². The Morgan fingerprint density at radius 3 is 2.77 bits per heavy atom. The highest BCUT2D eigenvalue weighted by atomic mass is 32.1. The van der Waals surface area contributed by atoms with E-state index in [9.17, 15) is 9.59 Å². The maximum Gasteiger partial charge on any atom is 0.350 e. The third-order valence-electron chi connectivity index (χ3n) is 5.63. The first-order valence-electron chi connectivity index (χ1n) is 9.92. The molecule has 1 saturated heterocycles. The normalized spacial score (nSPS) is 15.3. The van der Waals surface area contributed by atoms with Crippen LogP contribution in [0.5, 0.6) is 5.75 Å². The van der Waals surface area contributed by atoms with E-state index in [0.29, 0.717) is 23.0 Å². The van der Waals surface area contributed by atoms with Crippen LogP contribution in [0.15, 0.2) is 35.8 Å². The molecule has 0 saturated carbocycles. The molecular formula is C22H25N3O4S. The second-order valence-corrected chi connectivity index (χ2v) is 8.33. The summed E-state index contributed by atoms with van der Waals surface area (Å²) in [5.74, 6) is 0.760. The van der Waals surface area contributed by atoms with Gasteiger partial charge >= 0.3 is 5.97 Å². The number of fused-ring (bicyclic) bond motifs is 1. The van der Waals surface area contributed by atoms with Gasteiger partial charge in [0.25, 0.3) is 0 Å². The van der Waals surface area contributed by atoms with Crippen LogP contribution in [0.3, 0.4) is 0 Å². The molecule has 0 radical (unpaired) electrons.